The zero-order valence-corrected chi connectivity index (χ0v) is 10.9. The van der Waals surface area contributed by atoms with E-state index in [-0.39, 0.29) is 12.2 Å². The van der Waals surface area contributed by atoms with Crippen LogP contribution in [0, 0.1) is 12.7 Å². The first-order valence-electron chi connectivity index (χ1n) is 5.08. The number of carbonyl (C=O) groups is 1. The molecule has 0 saturated carbocycles. The van der Waals surface area contributed by atoms with Crippen LogP contribution in [-0.2, 0) is 21.3 Å². The van der Waals surface area contributed by atoms with Gasteiger partial charge in [0.05, 0.1) is 13.0 Å². The van der Waals surface area contributed by atoms with Crippen molar-refractivity contribution in [2.45, 2.75) is 25.6 Å². The number of hydrogen-bond acceptors (Lipinski definition) is 2. The van der Waals surface area contributed by atoms with E-state index in [1.165, 1.54) is 6.07 Å². The molecule has 16 heavy (non-hydrogen) atoms. The lowest BCUT2D eigenvalue weighted by Crippen LogP contribution is -2.11. The Bertz CT molecular complexity index is 391. The second-order valence-corrected chi connectivity index (χ2v) is 4.00. The lowest BCUT2D eigenvalue weighted by molar-refractivity contribution is -0.142. The maximum Gasteiger partial charge on any atom is 0.310 e. The molecular formula is C12H14BrFO2. The van der Waals surface area contributed by atoms with E-state index in [1.54, 1.807) is 13.0 Å². The minimum absolute atomic E-state index is 0.0116. The summed E-state index contributed by atoms with van der Waals surface area (Å²) in [4.78, 5) is 11.3. The monoisotopic (exact) mass is 288 g/mol. The van der Waals surface area contributed by atoms with Crippen molar-refractivity contribution in [3.63, 3.8) is 0 Å². The summed E-state index contributed by atoms with van der Waals surface area (Å²) in [5, 5.41) is 0.533. The Morgan fingerprint density at radius 1 is 1.44 bits per heavy atom. The zero-order valence-electron chi connectivity index (χ0n) is 9.35. The second kappa shape index (κ2) is 5.99. The average Bonchev–Trinajstić information content (AvgIpc) is 2.24. The molecule has 0 aliphatic rings. The Kier molecular flexibility index (Phi) is 4.93. The molecule has 88 valence electrons. The Hall–Kier alpha value is -0.900. The van der Waals surface area contributed by atoms with Crippen LogP contribution >= 0.6 is 15.9 Å². The van der Waals surface area contributed by atoms with Crippen LogP contribution in [0.1, 0.15) is 23.6 Å². The average molecular weight is 289 g/mol. The number of hydrogen-bond donors (Lipinski definition) is 0. The summed E-state index contributed by atoms with van der Waals surface area (Å²) in [7, 11) is 0. The summed E-state index contributed by atoms with van der Waals surface area (Å²) in [6.45, 7) is 3.94. The van der Waals surface area contributed by atoms with Crippen molar-refractivity contribution in [2.24, 2.45) is 0 Å². The summed E-state index contributed by atoms with van der Waals surface area (Å²) in [6, 6.07) is 3.09. The van der Waals surface area contributed by atoms with Gasteiger partial charge in [0.15, 0.2) is 0 Å². The van der Waals surface area contributed by atoms with Gasteiger partial charge >= 0.3 is 5.97 Å². The Morgan fingerprint density at radius 3 is 2.69 bits per heavy atom. The summed E-state index contributed by atoms with van der Waals surface area (Å²) < 4.78 is 18.4. The van der Waals surface area contributed by atoms with E-state index < -0.39 is 5.97 Å². The maximum atomic E-state index is 13.6. The third-order valence-corrected chi connectivity index (χ3v) is 2.93. The molecular weight excluding hydrogens is 275 g/mol. The molecule has 0 heterocycles. The van der Waals surface area contributed by atoms with Crippen molar-refractivity contribution < 1.29 is 13.9 Å². The fraction of sp³-hybridized carbons (Fsp3) is 0.417. The largest absolute Gasteiger partial charge is 0.466 e. The highest BCUT2D eigenvalue weighted by atomic mass is 79.9. The predicted octanol–water partition coefficient (Wildman–Crippen LogP) is 3.13. The topological polar surface area (TPSA) is 26.3 Å². The van der Waals surface area contributed by atoms with Gasteiger partial charge in [0, 0.05) is 10.9 Å². The number of benzene rings is 1. The number of ether oxygens (including phenoxy) is 1. The number of rotatable bonds is 4. The number of carbonyl (C=O) groups excluding carboxylic acids is 1. The van der Waals surface area contributed by atoms with Gasteiger partial charge in [0.1, 0.15) is 5.82 Å². The molecule has 4 heteroatoms. The normalized spacial score (nSPS) is 10.2. The van der Waals surface area contributed by atoms with Gasteiger partial charge in [-0.3, -0.25) is 4.79 Å². The van der Waals surface area contributed by atoms with Crippen molar-refractivity contribution in [1.82, 2.24) is 0 Å². The predicted molar refractivity (Wildman–Crippen MR) is 64.1 cm³/mol. The molecule has 0 radical (unpaired) electrons. The number of aryl methyl sites for hydroxylation is 1. The highest BCUT2D eigenvalue weighted by molar-refractivity contribution is 9.08. The van der Waals surface area contributed by atoms with E-state index in [4.69, 9.17) is 4.74 Å². The fourth-order valence-electron chi connectivity index (χ4n) is 1.52. The zero-order chi connectivity index (χ0) is 12.1. The van der Waals surface area contributed by atoms with E-state index in [0.717, 1.165) is 11.1 Å². The summed E-state index contributed by atoms with van der Waals surface area (Å²) >= 11 is 3.30. The highest BCUT2D eigenvalue weighted by Gasteiger charge is 2.14. The number of alkyl halides is 1. The fourth-order valence-corrected chi connectivity index (χ4v) is 2.30. The van der Waals surface area contributed by atoms with Gasteiger partial charge in [-0.1, -0.05) is 22.0 Å². The molecule has 0 fully saturated rings. The molecule has 1 aromatic carbocycles. The molecule has 0 bridgehead atoms. The van der Waals surface area contributed by atoms with E-state index in [1.807, 2.05) is 6.92 Å². The second-order valence-electron chi connectivity index (χ2n) is 3.44. The first kappa shape index (κ1) is 13.2. The van der Waals surface area contributed by atoms with Gasteiger partial charge in [-0.15, -0.1) is 0 Å². The quantitative estimate of drug-likeness (QED) is 0.629. The van der Waals surface area contributed by atoms with Gasteiger partial charge in [0.25, 0.3) is 0 Å². The summed E-state index contributed by atoms with van der Waals surface area (Å²) in [5.74, 6) is -0.748. The molecule has 0 aliphatic heterocycles. The van der Waals surface area contributed by atoms with Gasteiger partial charge < -0.3 is 4.74 Å². The summed E-state index contributed by atoms with van der Waals surface area (Å²) in [5.41, 5.74) is 2.22. The Morgan fingerprint density at radius 2 is 2.12 bits per heavy atom. The van der Waals surface area contributed by atoms with Crippen LogP contribution in [0.2, 0.25) is 0 Å². The molecule has 0 saturated heterocycles. The van der Waals surface area contributed by atoms with Crippen LogP contribution in [0.25, 0.3) is 0 Å². The van der Waals surface area contributed by atoms with Crippen molar-refractivity contribution in [3.05, 3.63) is 34.6 Å². The van der Waals surface area contributed by atoms with Gasteiger partial charge in [0.2, 0.25) is 0 Å². The molecule has 0 aliphatic carbocycles. The van der Waals surface area contributed by atoms with Crippen molar-refractivity contribution in [1.29, 1.82) is 0 Å². The lowest BCUT2D eigenvalue weighted by atomic mass is 10.0. The molecule has 0 N–H and O–H groups in total. The first-order chi connectivity index (χ1) is 7.60. The minimum atomic E-state index is -0.394. The molecule has 0 atom stereocenters. The first-order valence-corrected chi connectivity index (χ1v) is 6.20. The van der Waals surface area contributed by atoms with Crippen LogP contribution in [0.3, 0.4) is 0 Å². The maximum absolute atomic E-state index is 13.6. The van der Waals surface area contributed by atoms with E-state index in [2.05, 4.69) is 15.9 Å². The smallest absolute Gasteiger partial charge is 0.310 e. The molecule has 2 nitrogen and oxygen atoms in total. The van der Waals surface area contributed by atoms with Crippen LogP contribution in [0.15, 0.2) is 12.1 Å². The lowest BCUT2D eigenvalue weighted by Gasteiger charge is -2.11. The van der Waals surface area contributed by atoms with Crippen LogP contribution in [-0.4, -0.2) is 12.6 Å². The van der Waals surface area contributed by atoms with Gasteiger partial charge in [-0.05, 0) is 31.0 Å². The van der Waals surface area contributed by atoms with Crippen molar-refractivity contribution >= 4 is 21.9 Å². The number of esters is 1. The van der Waals surface area contributed by atoms with E-state index >= 15 is 0 Å². The standard InChI is InChI=1S/C12H14BrFO2/c1-3-16-12(15)6-9-10(7-13)8(2)4-5-11(9)14/h4-5H,3,6-7H2,1-2H3. The molecule has 0 spiro atoms. The molecule has 1 aromatic rings. The van der Waals surface area contributed by atoms with Gasteiger partial charge in [-0.2, -0.15) is 0 Å². The summed E-state index contributed by atoms with van der Waals surface area (Å²) in [6.07, 6.45) is -0.0116. The molecule has 1 rings (SSSR count). The molecule has 0 aromatic heterocycles. The third kappa shape index (κ3) is 3.04. The van der Waals surface area contributed by atoms with Gasteiger partial charge in [-0.25, -0.2) is 4.39 Å². The Balaban J connectivity index is 3.01. The van der Waals surface area contributed by atoms with E-state index in [0.29, 0.717) is 17.5 Å². The van der Waals surface area contributed by atoms with Crippen LogP contribution < -0.4 is 0 Å². The number of halogens is 2. The van der Waals surface area contributed by atoms with E-state index in [9.17, 15) is 9.18 Å². The minimum Gasteiger partial charge on any atom is -0.466 e. The highest BCUT2D eigenvalue weighted by Crippen LogP contribution is 2.21. The Labute approximate surface area is 103 Å². The van der Waals surface area contributed by atoms with Crippen molar-refractivity contribution in [2.75, 3.05) is 6.61 Å². The SMILES string of the molecule is CCOC(=O)Cc1c(F)ccc(C)c1CBr. The van der Waals surface area contributed by atoms with Crippen LogP contribution in [0.4, 0.5) is 4.39 Å². The van der Waals surface area contributed by atoms with Crippen LogP contribution in [0.5, 0.6) is 0 Å². The molecule has 0 unspecified atom stereocenters. The molecule has 0 amide bonds. The third-order valence-electron chi connectivity index (χ3n) is 2.37. The van der Waals surface area contributed by atoms with Crippen molar-refractivity contribution in [3.8, 4) is 0 Å².